The molecule has 0 heterocycles. The molecule has 0 radical (unpaired) electrons. The first kappa shape index (κ1) is 8.60. The second-order valence-corrected chi connectivity index (χ2v) is 3.07. The Morgan fingerprint density at radius 2 is 2.09 bits per heavy atom. The number of hydrogen-bond acceptors (Lipinski definition) is 1. The molecule has 0 aliphatic carbocycles. The average molecular weight is 170 g/mol. The highest BCUT2D eigenvalue weighted by Gasteiger charge is 2.07. The summed E-state index contributed by atoms with van der Waals surface area (Å²) in [6.45, 7) is 1.99. The van der Waals surface area contributed by atoms with E-state index < -0.39 is 0 Å². The Bertz CT molecular complexity index is 235. The van der Waals surface area contributed by atoms with Gasteiger partial charge in [0.05, 0.1) is 0 Å². The summed E-state index contributed by atoms with van der Waals surface area (Å²) in [5, 5.41) is 0.0243. The van der Waals surface area contributed by atoms with Gasteiger partial charge in [-0.1, -0.05) is 25.1 Å². The molecular formula is C9H11FS. The Morgan fingerprint density at radius 1 is 1.45 bits per heavy atom. The summed E-state index contributed by atoms with van der Waals surface area (Å²) in [5.41, 5.74) is 0.693. The SMILES string of the molecule is CCC(S)c1ccccc1F. The fraction of sp³-hybridized carbons (Fsp3) is 0.333. The van der Waals surface area contributed by atoms with Gasteiger partial charge >= 0.3 is 0 Å². The smallest absolute Gasteiger partial charge is 0.127 e. The van der Waals surface area contributed by atoms with Gasteiger partial charge in [0.1, 0.15) is 5.82 Å². The number of halogens is 1. The number of rotatable bonds is 2. The van der Waals surface area contributed by atoms with Gasteiger partial charge in [0, 0.05) is 10.8 Å². The highest BCUT2D eigenvalue weighted by atomic mass is 32.1. The molecule has 0 aliphatic heterocycles. The largest absolute Gasteiger partial charge is 0.207 e. The molecule has 60 valence electrons. The van der Waals surface area contributed by atoms with Crippen LogP contribution in [0.3, 0.4) is 0 Å². The maximum atomic E-state index is 13.0. The van der Waals surface area contributed by atoms with E-state index in [9.17, 15) is 4.39 Å². The Balaban J connectivity index is 2.93. The zero-order valence-electron chi connectivity index (χ0n) is 6.42. The average Bonchev–Trinajstić information content (AvgIpc) is 2.04. The molecule has 0 aliphatic rings. The van der Waals surface area contributed by atoms with Crippen LogP contribution in [0.25, 0.3) is 0 Å². The van der Waals surface area contributed by atoms with Crippen molar-refractivity contribution >= 4 is 12.6 Å². The van der Waals surface area contributed by atoms with Crippen molar-refractivity contribution in [1.29, 1.82) is 0 Å². The van der Waals surface area contributed by atoms with Crippen molar-refractivity contribution in [2.24, 2.45) is 0 Å². The van der Waals surface area contributed by atoms with Gasteiger partial charge in [-0.25, -0.2) is 4.39 Å². The predicted molar refractivity (Wildman–Crippen MR) is 48.4 cm³/mol. The van der Waals surface area contributed by atoms with Gasteiger partial charge in [0.2, 0.25) is 0 Å². The lowest BCUT2D eigenvalue weighted by Crippen LogP contribution is -1.91. The van der Waals surface area contributed by atoms with E-state index in [0.29, 0.717) is 5.56 Å². The molecule has 0 saturated heterocycles. The number of thiol groups is 1. The molecule has 1 aromatic rings. The van der Waals surface area contributed by atoms with E-state index in [1.165, 1.54) is 6.07 Å². The second-order valence-electron chi connectivity index (χ2n) is 2.45. The molecule has 1 rings (SSSR count). The van der Waals surface area contributed by atoms with Gasteiger partial charge in [-0.2, -0.15) is 12.6 Å². The molecule has 0 saturated carbocycles. The Kier molecular flexibility index (Phi) is 2.94. The van der Waals surface area contributed by atoms with Gasteiger partial charge in [0.15, 0.2) is 0 Å². The molecule has 0 spiro atoms. The van der Waals surface area contributed by atoms with E-state index in [4.69, 9.17) is 0 Å². The van der Waals surface area contributed by atoms with Crippen molar-refractivity contribution in [3.8, 4) is 0 Å². The second kappa shape index (κ2) is 3.77. The van der Waals surface area contributed by atoms with E-state index in [0.717, 1.165) is 6.42 Å². The van der Waals surface area contributed by atoms with Crippen LogP contribution >= 0.6 is 12.6 Å². The van der Waals surface area contributed by atoms with Gasteiger partial charge < -0.3 is 0 Å². The van der Waals surface area contributed by atoms with Crippen molar-refractivity contribution in [2.45, 2.75) is 18.6 Å². The molecule has 11 heavy (non-hydrogen) atoms. The summed E-state index contributed by atoms with van der Waals surface area (Å²) in [5.74, 6) is -0.158. The Hall–Kier alpha value is -0.500. The standard InChI is InChI=1S/C9H11FS/c1-2-9(11)7-5-3-4-6-8(7)10/h3-6,9,11H,2H2,1H3. The normalized spacial score (nSPS) is 13.0. The zero-order valence-corrected chi connectivity index (χ0v) is 7.31. The molecule has 0 aromatic heterocycles. The lowest BCUT2D eigenvalue weighted by molar-refractivity contribution is 0.606. The quantitative estimate of drug-likeness (QED) is 0.647. The molecule has 0 amide bonds. The van der Waals surface area contributed by atoms with Gasteiger partial charge in [-0.3, -0.25) is 0 Å². The zero-order chi connectivity index (χ0) is 8.27. The van der Waals surface area contributed by atoms with Crippen molar-refractivity contribution in [1.82, 2.24) is 0 Å². The summed E-state index contributed by atoms with van der Waals surface area (Å²) in [6.07, 6.45) is 0.851. The van der Waals surface area contributed by atoms with Crippen LogP contribution in [-0.2, 0) is 0 Å². The Labute approximate surface area is 71.8 Å². The summed E-state index contributed by atoms with van der Waals surface area (Å²) in [6, 6.07) is 6.76. The van der Waals surface area contributed by atoms with Gasteiger partial charge in [0.25, 0.3) is 0 Å². The minimum Gasteiger partial charge on any atom is -0.207 e. The molecule has 0 fully saturated rings. The van der Waals surface area contributed by atoms with Crippen LogP contribution in [-0.4, -0.2) is 0 Å². The fourth-order valence-corrected chi connectivity index (χ4v) is 1.17. The third kappa shape index (κ3) is 1.96. The van der Waals surface area contributed by atoms with E-state index in [1.807, 2.05) is 13.0 Å². The maximum absolute atomic E-state index is 13.0. The molecule has 1 aromatic carbocycles. The fourth-order valence-electron chi connectivity index (χ4n) is 0.965. The first-order chi connectivity index (χ1) is 5.25. The Morgan fingerprint density at radius 3 is 2.64 bits per heavy atom. The van der Waals surface area contributed by atoms with Crippen LogP contribution in [0.5, 0.6) is 0 Å². The maximum Gasteiger partial charge on any atom is 0.127 e. The van der Waals surface area contributed by atoms with Crippen molar-refractivity contribution in [3.63, 3.8) is 0 Å². The number of hydrogen-bond donors (Lipinski definition) is 1. The van der Waals surface area contributed by atoms with Gasteiger partial charge in [-0.05, 0) is 12.5 Å². The van der Waals surface area contributed by atoms with Crippen LogP contribution in [0.15, 0.2) is 24.3 Å². The molecule has 0 nitrogen and oxygen atoms in total. The third-order valence-electron chi connectivity index (χ3n) is 1.65. The molecule has 0 bridgehead atoms. The van der Waals surface area contributed by atoms with Crippen LogP contribution in [0.4, 0.5) is 4.39 Å². The van der Waals surface area contributed by atoms with Crippen molar-refractivity contribution < 1.29 is 4.39 Å². The third-order valence-corrected chi connectivity index (χ3v) is 2.29. The van der Waals surface area contributed by atoms with Crippen molar-refractivity contribution in [3.05, 3.63) is 35.6 Å². The van der Waals surface area contributed by atoms with Crippen LogP contribution in [0.1, 0.15) is 24.2 Å². The van der Waals surface area contributed by atoms with Gasteiger partial charge in [-0.15, -0.1) is 0 Å². The first-order valence-electron chi connectivity index (χ1n) is 3.68. The summed E-state index contributed by atoms with van der Waals surface area (Å²) in [7, 11) is 0. The monoisotopic (exact) mass is 170 g/mol. The summed E-state index contributed by atoms with van der Waals surface area (Å²) >= 11 is 4.25. The minimum absolute atomic E-state index is 0.0243. The lowest BCUT2D eigenvalue weighted by atomic mass is 10.1. The van der Waals surface area contributed by atoms with Crippen molar-refractivity contribution in [2.75, 3.05) is 0 Å². The lowest BCUT2D eigenvalue weighted by Gasteiger charge is -2.07. The van der Waals surface area contributed by atoms with Crippen LogP contribution < -0.4 is 0 Å². The summed E-state index contributed by atoms with van der Waals surface area (Å²) in [4.78, 5) is 0. The molecular weight excluding hydrogens is 159 g/mol. The molecule has 0 N–H and O–H groups in total. The minimum atomic E-state index is -0.158. The van der Waals surface area contributed by atoms with Crippen LogP contribution in [0.2, 0.25) is 0 Å². The molecule has 2 heteroatoms. The molecule has 1 atom stereocenters. The summed E-state index contributed by atoms with van der Waals surface area (Å²) < 4.78 is 13.0. The number of benzene rings is 1. The van der Waals surface area contributed by atoms with E-state index >= 15 is 0 Å². The van der Waals surface area contributed by atoms with Crippen LogP contribution in [0, 0.1) is 5.82 Å². The highest BCUT2D eigenvalue weighted by molar-refractivity contribution is 7.80. The molecule has 1 unspecified atom stereocenters. The van der Waals surface area contributed by atoms with E-state index in [2.05, 4.69) is 12.6 Å². The highest BCUT2D eigenvalue weighted by Crippen LogP contribution is 2.24. The first-order valence-corrected chi connectivity index (χ1v) is 4.19. The van der Waals surface area contributed by atoms with E-state index in [1.54, 1.807) is 12.1 Å². The topological polar surface area (TPSA) is 0 Å². The van der Waals surface area contributed by atoms with E-state index in [-0.39, 0.29) is 11.1 Å². The predicted octanol–water partition coefficient (Wildman–Crippen LogP) is 3.21.